The Kier molecular flexibility index (Phi) is 2.58. The average molecular weight is 228 g/mol. The van der Waals surface area contributed by atoms with Crippen LogP contribution in [0.1, 0.15) is 21.6 Å². The monoisotopic (exact) mass is 228 g/mol. The topological polar surface area (TPSA) is 91.8 Å². The van der Waals surface area contributed by atoms with Crippen molar-refractivity contribution in [3.63, 3.8) is 0 Å². The molecule has 2 aromatic rings. The second kappa shape index (κ2) is 4.06. The maximum atomic E-state index is 11.0. The third-order valence-corrected chi connectivity index (χ3v) is 2.33. The van der Waals surface area contributed by atoms with E-state index in [1.165, 1.54) is 10.9 Å². The van der Waals surface area contributed by atoms with Crippen molar-refractivity contribution in [1.29, 1.82) is 5.26 Å². The van der Waals surface area contributed by atoms with Crippen LogP contribution in [-0.2, 0) is 0 Å². The number of carboxylic acids is 1. The van der Waals surface area contributed by atoms with E-state index >= 15 is 0 Å². The molecule has 0 saturated carbocycles. The molecule has 0 aliphatic carbocycles. The van der Waals surface area contributed by atoms with Crippen LogP contribution in [0.25, 0.3) is 5.69 Å². The standard InChI is InChI=1S/C11H8N4O2/c1-7-2-3-8(5-12)4-9(7)15-10(11(16)17)6-13-14-15/h2-4,6H,1H3,(H,16,17). The molecule has 1 aromatic carbocycles. The van der Waals surface area contributed by atoms with E-state index in [1.54, 1.807) is 18.2 Å². The van der Waals surface area contributed by atoms with E-state index in [-0.39, 0.29) is 5.69 Å². The first-order valence-corrected chi connectivity index (χ1v) is 4.78. The van der Waals surface area contributed by atoms with Gasteiger partial charge in [-0.15, -0.1) is 5.10 Å². The number of hydrogen-bond donors (Lipinski definition) is 1. The Morgan fingerprint density at radius 1 is 1.53 bits per heavy atom. The number of aromatic carboxylic acids is 1. The summed E-state index contributed by atoms with van der Waals surface area (Å²) in [6.07, 6.45) is 1.17. The Morgan fingerprint density at radius 3 is 2.94 bits per heavy atom. The zero-order valence-electron chi connectivity index (χ0n) is 8.95. The lowest BCUT2D eigenvalue weighted by Gasteiger charge is -2.06. The highest BCUT2D eigenvalue weighted by molar-refractivity contribution is 5.86. The van der Waals surface area contributed by atoms with E-state index in [1.807, 2.05) is 13.0 Å². The van der Waals surface area contributed by atoms with Gasteiger partial charge in [0, 0.05) is 0 Å². The molecule has 0 unspecified atom stereocenters. The maximum Gasteiger partial charge on any atom is 0.356 e. The SMILES string of the molecule is Cc1ccc(C#N)cc1-n1nncc1C(=O)O. The van der Waals surface area contributed by atoms with Crippen LogP contribution in [0, 0.1) is 18.3 Å². The van der Waals surface area contributed by atoms with E-state index in [4.69, 9.17) is 10.4 Å². The fourth-order valence-corrected chi connectivity index (χ4v) is 1.47. The fraction of sp³-hybridized carbons (Fsp3) is 0.0909. The average Bonchev–Trinajstić information content (AvgIpc) is 2.78. The molecule has 0 fully saturated rings. The van der Waals surface area contributed by atoms with Crippen molar-refractivity contribution in [2.45, 2.75) is 6.92 Å². The van der Waals surface area contributed by atoms with Crippen LogP contribution in [0.4, 0.5) is 0 Å². The Balaban J connectivity index is 2.64. The van der Waals surface area contributed by atoms with Crippen molar-refractivity contribution in [3.05, 3.63) is 41.2 Å². The largest absolute Gasteiger partial charge is 0.476 e. The van der Waals surface area contributed by atoms with Crippen LogP contribution < -0.4 is 0 Å². The molecule has 6 heteroatoms. The molecule has 6 nitrogen and oxygen atoms in total. The van der Waals surface area contributed by atoms with Crippen LogP contribution in [-0.4, -0.2) is 26.1 Å². The number of nitriles is 1. The van der Waals surface area contributed by atoms with Gasteiger partial charge in [0.05, 0.1) is 23.5 Å². The zero-order valence-corrected chi connectivity index (χ0v) is 8.95. The molecule has 0 bridgehead atoms. The number of rotatable bonds is 2. The summed E-state index contributed by atoms with van der Waals surface area (Å²) in [5.41, 5.74) is 1.76. The third kappa shape index (κ3) is 1.86. The number of aromatic nitrogens is 3. The number of benzene rings is 1. The number of hydrogen-bond acceptors (Lipinski definition) is 4. The molecule has 0 aliphatic heterocycles. The molecule has 0 atom stereocenters. The Labute approximate surface area is 96.7 Å². The van der Waals surface area contributed by atoms with Crippen molar-refractivity contribution in [2.75, 3.05) is 0 Å². The van der Waals surface area contributed by atoms with Crippen LogP contribution in [0.3, 0.4) is 0 Å². The molecule has 0 saturated heterocycles. The maximum absolute atomic E-state index is 11.0. The van der Waals surface area contributed by atoms with Gasteiger partial charge in [0.15, 0.2) is 5.69 Å². The minimum absolute atomic E-state index is 0.0387. The van der Waals surface area contributed by atoms with Gasteiger partial charge in [0.1, 0.15) is 0 Å². The highest BCUT2D eigenvalue weighted by Crippen LogP contribution is 2.16. The van der Waals surface area contributed by atoms with Crippen LogP contribution in [0.2, 0.25) is 0 Å². The van der Waals surface area contributed by atoms with Gasteiger partial charge in [-0.1, -0.05) is 11.3 Å². The van der Waals surface area contributed by atoms with E-state index in [9.17, 15) is 4.79 Å². The molecule has 0 aliphatic rings. The summed E-state index contributed by atoms with van der Waals surface area (Å²) in [5, 5.41) is 25.1. The summed E-state index contributed by atoms with van der Waals surface area (Å²) in [7, 11) is 0. The van der Waals surface area contributed by atoms with Crippen LogP contribution in [0.5, 0.6) is 0 Å². The van der Waals surface area contributed by atoms with E-state index in [0.717, 1.165) is 5.56 Å². The first kappa shape index (κ1) is 10.8. The fourth-order valence-electron chi connectivity index (χ4n) is 1.47. The summed E-state index contributed by atoms with van der Waals surface area (Å²) in [6.45, 7) is 1.81. The molecule has 84 valence electrons. The highest BCUT2D eigenvalue weighted by atomic mass is 16.4. The van der Waals surface area contributed by atoms with Crippen LogP contribution in [0.15, 0.2) is 24.4 Å². The molecular weight excluding hydrogens is 220 g/mol. The number of carboxylic acid groups (broad SMARTS) is 1. The molecule has 0 spiro atoms. The van der Waals surface area contributed by atoms with Gasteiger partial charge >= 0.3 is 5.97 Å². The van der Waals surface area contributed by atoms with E-state index < -0.39 is 5.97 Å². The molecule has 1 heterocycles. The summed E-state index contributed by atoms with van der Waals surface area (Å²) in [5.74, 6) is -1.11. The van der Waals surface area contributed by atoms with Crippen LogP contribution >= 0.6 is 0 Å². The lowest BCUT2D eigenvalue weighted by Crippen LogP contribution is -2.09. The van der Waals surface area contributed by atoms with Gasteiger partial charge in [-0.25, -0.2) is 9.48 Å². The Hall–Kier alpha value is -2.68. The Morgan fingerprint density at radius 2 is 2.29 bits per heavy atom. The molecular formula is C11H8N4O2. The molecule has 0 amide bonds. The summed E-state index contributed by atoms with van der Waals surface area (Å²) in [6, 6.07) is 6.98. The lowest BCUT2D eigenvalue weighted by molar-refractivity contribution is 0.0687. The number of nitrogens with zero attached hydrogens (tertiary/aromatic N) is 4. The minimum atomic E-state index is -1.11. The van der Waals surface area contributed by atoms with Gasteiger partial charge < -0.3 is 5.11 Å². The van der Waals surface area contributed by atoms with Gasteiger partial charge in [0.25, 0.3) is 0 Å². The quantitative estimate of drug-likeness (QED) is 0.832. The third-order valence-electron chi connectivity index (χ3n) is 2.33. The molecule has 2 rings (SSSR count). The molecule has 0 radical (unpaired) electrons. The van der Waals surface area contributed by atoms with E-state index in [2.05, 4.69) is 10.3 Å². The normalized spacial score (nSPS) is 9.88. The lowest BCUT2D eigenvalue weighted by atomic mass is 10.1. The van der Waals surface area contributed by atoms with Crippen molar-refractivity contribution in [1.82, 2.24) is 15.0 Å². The number of aryl methyl sites for hydroxylation is 1. The van der Waals surface area contributed by atoms with Crippen molar-refractivity contribution >= 4 is 5.97 Å². The smallest absolute Gasteiger partial charge is 0.356 e. The second-order valence-electron chi connectivity index (χ2n) is 3.45. The van der Waals surface area contributed by atoms with Crippen molar-refractivity contribution in [2.24, 2.45) is 0 Å². The summed E-state index contributed by atoms with van der Waals surface area (Å²) in [4.78, 5) is 11.0. The summed E-state index contributed by atoms with van der Waals surface area (Å²) >= 11 is 0. The van der Waals surface area contributed by atoms with Gasteiger partial charge in [-0.2, -0.15) is 5.26 Å². The minimum Gasteiger partial charge on any atom is -0.476 e. The molecule has 1 aromatic heterocycles. The molecule has 17 heavy (non-hydrogen) atoms. The first-order valence-electron chi connectivity index (χ1n) is 4.78. The van der Waals surface area contributed by atoms with Gasteiger partial charge in [-0.05, 0) is 24.6 Å². The molecule has 1 N–H and O–H groups in total. The highest BCUT2D eigenvalue weighted by Gasteiger charge is 2.14. The first-order chi connectivity index (χ1) is 8.13. The van der Waals surface area contributed by atoms with Crippen molar-refractivity contribution < 1.29 is 9.90 Å². The van der Waals surface area contributed by atoms with Gasteiger partial charge in [-0.3, -0.25) is 0 Å². The summed E-state index contributed by atoms with van der Waals surface area (Å²) < 4.78 is 1.21. The van der Waals surface area contributed by atoms with Gasteiger partial charge in [0.2, 0.25) is 0 Å². The predicted octanol–water partition coefficient (Wildman–Crippen LogP) is 1.15. The number of carbonyl (C=O) groups is 1. The predicted molar refractivity (Wildman–Crippen MR) is 57.8 cm³/mol. The second-order valence-corrected chi connectivity index (χ2v) is 3.45. The van der Waals surface area contributed by atoms with Crippen molar-refractivity contribution in [3.8, 4) is 11.8 Å². The Bertz CT molecular complexity index is 625. The van der Waals surface area contributed by atoms with E-state index in [0.29, 0.717) is 11.3 Å². The zero-order chi connectivity index (χ0) is 12.4.